The summed E-state index contributed by atoms with van der Waals surface area (Å²) in [7, 11) is 0. The predicted octanol–water partition coefficient (Wildman–Crippen LogP) is 3.24. The first kappa shape index (κ1) is 14.1. The zero-order chi connectivity index (χ0) is 14.0. The minimum absolute atomic E-state index is 0.0260. The number of hydrogen-bond donors (Lipinski definition) is 1. The van der Waals surface area contributed by atoms with Gasteiger partial charge in [0.2, 0.25) is 0 Å². The third-order valence-corrected chi connectivity index (χ3v) is 3.30. The lowest BCUT2D eigenvalue weighted by atomic mass is 10.1. The molecule has 0 aliphatic rings. The molecule has 0 aliphatic carbocycles. The summed E-state index contributed by atoms with van der Waals surface area (Å²) in [5.74, 6) is 0.207. The van der Waals surface area contributed by atoms with Crippen molar-refractivity contribution in [1.82, 2.24) is 9.97 Å². The standard InChI is InChI=1S/C14H15BrFN3/c1-8(17)5-11-6-9(2)18-14(19-11)12-7-10(16)3-4-13(12)15/h3-4,6-8H,5,17H2,1-2H3. The number of halogens is 2. The molecule has 0 amide bonds. The van der Waals surface area contributed by atoms with Gasteiger partial charge in [0.25, 0.3) is 0 Å². The molecule has 1 atom stereocenters. The number of hydrogen-bond acceptors (Lipinski definition) is 3. The summed E-state index contributed by atoms with van der Waals surface area (Å²) in [6, 6.07) is 6.40. The van der Waals surface area contributed by atoms with Crippen LogP contribution in [0.15, 0.2) is 28.7 Å². The molecular formula is C14H15BrFN3. The van der Waals surface area contributed by atoms with Crippen molar-refractivity contribution in [2.24, 2.45) is 5.73 Å². The molecule has 2 N–H and O–H groups in total. The Morgan fingerprint density at radius 1 is 1.32 bits per heavy atom. The van der Waals surface area contributed by atoms with Crippen molar-refractivity contribution in [1.29, 1.82) is 0 Å². The monoisotopic (exact) mass is 323 g/mol. The molecule has 0 saturated carbocycles. The highest BCUT2D eigenvalue weighted by Gasteiger charge is 2.10. The van der Waals surface area contributed by atoms with Crippen LogP contribution < -0.4 is 5.73 Å². The number of rotatable bonds is 3. The van der Waals surface area contributed by atoms with Crippen LogP contribution in [0, 0.1) is 12.7 Å². The molecule has 2 aromatic rings. The fourth-order valence-electron chi connectivity index (χ4n) is 1.86. The van der Waals surface area contributed by atoms with Gasteiger partial charge in [-0.25, -0.2) is 14.4 Å². The fourth-order valence-corrected chi connectivity index (χ4v) is 2.28. The first-order valence-electron chi connectivity index (χ1n) is 6.01. The van der Waals surface area contributed by atoms with Gasteiger partial charge in [-0.3, -0.25) is 0 Å². The smallest absolute Gasteiger partial charge is 0.160 e. The zero-order valence-electron chi connectivity index (χ0n) is 10.8. The van der Waals surface area contributed by atoms with Crippen molar-refractivity contribution in [2.75, 3.05) is 0 Å². The third kappa shape index (κ3) is 3.58. The Bertz CT molecular complexity index is 599. The molecule has 1 aromatic heterocycles. The maximum absolute atomic E-state index is 13.3. The summed E-state index contributed by atoms with van der Waals surface area (Å²) in [5, 5.41) is 0. The quantitative estimate of drug-likeness (QED) is 0.943. The van der Waals surface area contributed by atoms with Gasteiger partial charge in [0.15, 0.2) is 5.82 Å². The van der Waals surface area contributed by atoms with Crippen molar-refractivity contribution < 1.29 is 4.39 Å². The fraction of sp³-hybridized carbons (Fsp3) is 0.286. The van der Waals surface area contributed by atoms with E-state index in [1.165, 1.54) is 12.1 Å². The van der Waals surface area contributed by atoms with Crippen LogP contribution in [-0.4, -0.2) is 16.0 Å². The van der Waals surface area contributed by atoms with Crippen molar-refractivity contribution in [3.8, 4) is 11.4 Å². The lowest BCUT2D eigenvalue weighted by Crippen LogP contribution is -2.19. The van der Waals surface area contributed by atoms with Gasteiger partial charge in [-0.15, -0.1) is 0 Å². The largest absolute Gasteiger partial charge is 0.328 e. The van der Waals surface area contributed by atoms with Crippen LogP contribution >= 0.6 is 15.9 Å². The SMILES string of the molecule is Cc1cc(CC(C)N)nc(-c2cc(F)ccc2Br)n1. The number of nitrogens with zero attached hydrogens (tertiary/aromatic N) is 2. The van der Waals surface area contributed by atoms with Crippen LogP contribution in [0.3, 0.4) is 0 Å². The highest BCUT2D eigenvalue weighted by Crippen LogP contribution is 2.26. The minimum Gasteiger partial charge on any atom is -0.328 e. The van der Waals surface area contributed by atoms with Gasteiger partial charge in [0.1, 0.15) is 5.82 Å². The lowest BCUT2D eigenvalue weighted by molar-refractivity contribution is 0.628. The molecule has 19 heavy (non-hydrogen) atoms. The third-order valence-electron chi connectivity index (χ3n) is 2.61. The molecule has 0 spiro atoms. The highest BCUT2D eigenvalue weighted by molar-refractivity contribution is 9.10. The average Bonchev–Trinajstić information content (AvgIpc) is 2.30. The zero-order valence-corrected chi connectivity index (χ0v) is 12.4. The van der Waals surface area contributed by atoms with Gasteiger partial charge in [-0.1, -0.05) is 15.9 Å². The van der Waals surface area contributed by atoms with Gasteiger partial charge in [0.05, 0.1) is 0 Å². The summed E-state index contributed by atoms with van der Waals surface area (Å²) in [6.07, 6.45) is 0.670. The highest BCUT2D eigenvalue weighted by atomic mass is 79.9. The van der Waals surface area contributed by atoms with Crippen LogP contribution in [0.1, 0.15) is 18.3 Å². The van der Waals surface area contributed by atoms with Gasteiger partial charge < -0.3 is 5.73 Å². The second-order valence-corrected chi connectivity index (χ2v) is 5.48. The molecule has 0 radical (unpaired) electrons. The van der Waals surface area contributed by atoms with E-state index in [-0.39, 0.29) is 11.9 Å². The van der Waals surface area contributed by atoms with E-state index in [0.29, 0.717) is 17.8 Å². The molecule has 1 aromatic carbocycles. The van der Waals surface area contributed by atoms with Gasteiger partial charge >= 0.3 is 0 Å². The Labute approximate surface area is 120 Å². The van der Waals surface area contributed by atoms with Gasteiger partial charge in [-0.05, 0) is 38.1 Å². The number of nitrogens with two attached hydrogens (primary N) is 1. The van der Waals surface area contributed by atoms with Crippen LogP contribution in [0.5, 0.6) is 0 Å². The maximum Gasteiger partial charge on any atom is 0.160 e. The second-order valence-electron chi connectivity index (χ2n) is 4.63. The van der Waals surface area contributed by atoms with Crippen LogP contribution in [-0.2, 0) is 6.42 Å². The van der Waals surface area contributed by atoms with E-state index in [0.717, 1.165) is 15.9 Å². The predicted molar refractivity (Wildman–Crippen MR) is 77.2 cm³/mol. The molecule has 0 fully saturated rings. The van der Waals surface area contributed by atoms with Crippen molar-refractivity contribution in [3.63, 3.8) is 0 Å². The van der Waals surface area contributed by atoms with E-state index in [4.69, 9.17) is 5.73 Å². The Kier molecular flexibility index (Phi) is 4.27. The van der Waals surface area contributed by atoms with E-state index in [1.54, 1.807) is 6.07 Å². The summed E-state index contributed by atoms with van der Waals surface area (Å²) >= 11 is 3.40. The average molecular weight is 324 g/mol. The maximum atomic E-state index is 13.3. The van der Waals surface area contributed by atoms with Gasteiger partial charge in [0, 0.05) is 33.9 Å². The minimum atomic E-state index is -0.308. The molecule has 100 valence electrons. The summed E-state index contributed by atoms with van der Waals surface area (Å²) in [6.45, 7) is 3.82. The Hall–Kier alpha value is -1.33. The van der Waals surface area contributed by atoms with E-state index in [2.05, 4.69) is 25.9 Å². The number of benzene rings is 1. The molecule has 5 heteroatoms. The molecule has 0 bridgehead atoms. The molecule has 0 aliphatic heterocycles. The first-order chi connectivity index (χ1) is 8.95. The van der Waals surface area contributed by atoms with E-state index >= 15 is 0 Å². The Morgan fingerprint density at radius 3 is 2.74 bits per heavy atom. The summed E-state index contributed by atoms with van der Waals surface area (Å²) < 4.78 is 14.1. The number of aromatic nitrogens is 2. The normalized spacial score (nSPS) is 12.5. The van der Waals surface area contributed by atoms with Crippen molar-refractivity contribution in [2.45, 2.75) is 26.3 Å². The van der Waals surface area contributed by atoms with Gasteiger partial charge in [-0.2, -0.15) is 0 Å². The summed E-state index contributed by atoms with van der Waals surface area (Å²) in [5.41, 5.74) is 8.15. The van der Waals surface area contributed by atoms with E-state index < -0.39 is 0 Å². The Morgan fingerprint density at radius 2 is 2.05 bits per heavy atom. The molecule has 1 heterocycles. The van der Waals surface area contributed by atoms with E-state index in [9.17, 15) is 4.39 Å². The lowest BCUT2D eigenvalue weighted by Gasteiger charge is -2.09. The molecular weight excluding hydrogens is 309 g/mol. The molecule has 2 rings (SSSR count). The van der Waals surface area contributed by atoms with E-state index in [1.807, 2.05) is 19.9 Å². The van der Waals surface area contributed by atoms with Crippen LogP contribution in [0.4, 0.5) is 4.39 Å². The molecule has 1 unspecified atom stereocenters. The van der Waals surface area contributed by atoms with Crippen molar-refractivity contribution >= 4 is 15.9 Å². The van der Waals surface area contributed by atoms with Crippen LogP contribution in [0.25, 0.3) is 11.4 Å². The topological polar surface area (TPSA) is 51.8 Å². The summed E-state index contributed by atoms with van der Waals surface area (Å²) in [4.78, 5) is 8.82. The second kappa shape index (κ2) is 5.75. The number of aryl methyl sites for hydroxylation is 1. The molecule has 3 nitrogen and oxygen atoms in total. The molecule has 0 saturated heterocycles. The van der Waals surface area contributed by atoms with Crippen molar-refractivity contribution in [3.05, 3.63) is 45.9 Å². The first-order valence-corrected chi connectivity index (χ1v) is 6.80. The van der Waals surface area contributed by atoms with Crippen LogP contribution in [0.2, 0.25) is 0 Å². The Balaban J connectivity index is 2.49.